The van der Waals surface area contributed by atoms with Crippen LogP contribution >= 0.6 is 0 Å². The van der Waals surface area contributed by atoms with Crippen molar-refractivity contribution in [3.8, 4) is 0 Å². The van der Waals surface area contributed by atoms with Gasteiger partial charge in [0.1, 0.15) is 11.6 Å². The molecule has 0 spiro atoms. The summed E-state index contributed by atoms with van der Waals surface area (Å²) in [5, 5.41) is 0. The number of benzene rings is 1. The van der Waals surface area contributed by atoms with Crippen molar-refractivity contribution in [3.05, 3.63) is 54.0 Å². The maximum Gasteiger partial charge on any atom is 0.151 e. The first-order chi connectivity index (χ1) is 7.25. The van der Waals surface area contributed by atoms with Gasteiger partial charge in [-0.3, -0.25) is 0 Å². The molecule has 2 nitrogen and oxygen atoms in total. The van der Waals surface area contributed by atoms with Crippen LogP contribution in [0.5, 0.6) is 0 Å². The second kappa shape index (κ2) is 4.04. The van der Waals surface area contributed by atoms with Gasteiger partial charge in [-0.1, -0.05) is 0 Å². The Kier molecular flexibility index (Phi) is 2.58. The molecule has 0 bridgehead atoms. The largest absolute Gasteiger partial charge is 0.463 e. The third-order valence-corrected chi connectivity index (χ3v) is 1.78. The monoisotopic (exact) mass is 207 g/mol. The molecule has 2 aromatic rings. The van der Waals surface area contributed by atoms with Crippen LogP contribution in [0.15, 0.2) is 46.0 Å². The summed E-state index contributed by atoms with van der Waals surface area (Å²) in [6, 6.07) is 6.59. The number of nitrogens with zero attached hydrogens (tertiary/aromatic N) is 1. The Morgan fingerprint density at radius 3 is 2.73 bits per heavy atom. The Morgan fingerprint density at radius 2 is 2.07 bits per heavy atom. The highest BCUT2D eigenvalue weighted by molar-refractivity contribution is 5.78. The van der Waals surface area contributed by atoms with Crippen molar-refractivity contribution < 1.29 is 13.2 Å². The van der Waals surface area contributed by atoms with Crippen molar-refractivity contribution >= 4 is 11.9 Å². The molecule has 1 aromatic carbocycles. The van der Waals surface area contributed by atoms with E-state index in [1.54, 1.807) is 12.1 Å². The molecule has 0 atom stereocenters. The third-order valence-electron chi connectivity index (χ3n) is 1.78. The SMILES string of the molecule is Fc1ccc(N=Cc2ccco2)c(F)c1. The second-order valence-electron chi connectivity index (χ2n) is 2.87. The molecular weight excluding hydrogens is 200 g/mol. The van der Waals surface area contributed by atoms with E-state index in [2.05, 4.69) is 4.99 Å². The summed E-state index contributed by atoms with van der Waals surface area (Å²) >= 11 is 0. The first-order valence-corrected chi connectivity index (χ1v) is 4.28. The molecule has 0 amide bonds. The molecule has 76 valence electrons. The van der Waals surface area contributed by atoms with Crippen LogP contribution in [0.2, 0.25) is 0 Å². The lowest BCUT2D eigenvalue weighted by Crippen LogP contribution is -1.80. The minimum Gasteiger partial charge on any atom is -0.463 e. The van der Waals surface area contributed by atoms with E-state index < -0.39 is 11.6 Å². The average molecular weight is 207 g/mol. The molecule has 0 aliphatic rings. The quantitative estimate of drug-likeness (QED) is 0.693. The Labute approximate surface area is 84.9 Å². The predicted octanol–water partition coefficient (Wildman–Crippen LogP) is 3.31. The van der Waals surface area contributed by atoms with Crippen molar-refractivity contribution in [2.45, 2.75) is 0 Å². The van der Waals surface area contributed by atoms with Crippen molar-refractivity contribution in [1.82, 2.24) is 0 Å². The fourth-order valence-electron chi connectivity index (χ4n) is 1.08. The average Bonchev–Trinajstić information content (AvgIpc) is 2.69. The number of hydrogen-bond donors (Lipinski definition) is 0. The van der Waals surface area contributed by atoms with Crippen LogP contribution in [-0.4, -0.2) is 6.21 Å². The van der Waals surface area contributed by atoms with Crippen LogP contribution in [0.25, 0.3) is 0 Å². The number of hydrogen-bond acceptors (Lipinski definition) is 2. The van der Waals surface area contributed by atoms with Gasteiger partial charge >= 0.3 is 0 Å². The molecular formula is C11H7F2NO. The number of aliphatic imine (C=N–C) groups is 1. The van der Waals surface area contributed by atoms with Crippen LogP contribution in [0.3, 0.4) is 0 Å². The van der Waals surface area contributed by atoms with Crippen LogP contribution in [-0.2, 0) is 0 Å². The molecule has 0 aliphatic carbocycles. The van der Waals surface area contributed by atoms with E-state index in [4.69, 9.17) is 4.42 Å². The molecule has 1 aromatic heterocycles. The van der Waals surface area contributed by atoms with Gasteiger partial charge in [0.15, 0.2) is 5.82 Å². The highest BCUT2D eigenvalue weighted by atomic mass is 19.1. The van der Waals surface area contributed by atoms with Crippen molar-refractivity contribution in [1.29, 1.82) is 0 Å². The van der Waals surface area contributed by atoms with Crippen molar-refractivity contribution in [2.24, 2.45) is 4.99 Å². The second-order valence-corrected chi connectivity index (χ2v) is 2.87. The summed E-state index contributed by atoms with van der Waals surface area (Å²) in [7, 11) is 0. The molecule has 0 radical (unpaired) electrons. The molecule has 0 unspecified atom stereocenters. The molecule has 15 heavy (non-hydrogen) atoms. The fourth-order valence-corrected chi connectivity index (χ4v) is 1.08. The Hall–Kier alpha value is -1.97. The summed E-state index contributed by atoms with van der Waals surface area (Å²) in [5.74, 6) is -0.805. The lowest BCUT2D eigenvalue weighted by Gasteiger charge is -1.95. The van der Waals surface area contributed by atoms with Gasteiger partial charge in [0.05, 0.1) is 18.2 Å². The predicted molar refractivity (Wildman–Crippen MR) is 52.3 cm³/mol. The Morgan fingerprint density at radius 1 is 1.20 bits per heavy atom. The van der Waals surface area contributed by atoms with Crippen LogP contribution in [0, 0.1) is 11.6 Å². The maximum absolute atomic E-state index is 13.1. The first kappa shape index (κ1) is 9.58. The standard InChI is InChI=1S/C11H7F2NO/c12-8-3-4-11(10(13)6-8)14-7-9-2-1-5-15-9/h1-7H. The molecule has 0 fully saturated rings. The number of furan rings is 1. The molecule has 4 heteroatoms. The maximum atomic E-state index is 13.1. The summed E-state index contributed by atoms with van der Waals surface area (Å²) in [6.07, 6.45) is 2.86. The van der Waals surface area contributed by atoms with Gasteiger partial charge in [0.25, 0.3) is 0 Å². The summed E-state index contributed by atoms with van der Waals surface area (Å²) in [6.45, 7) is 0. The zero-order chi connectivity index (χ0) is 10.7. The highest BCUT2D eigenvalue weighted by Crippen LogP contribution is 2.18. The van der Waals surface area contributed by atoms with Gasteiger partial charge in [-0.05, 0) is 24.3 Å². The van der Waals surface area contributed by atoms with Gasteiger partial charge in [-0.2, -0.15) is 0 Å². The van der Waals surface area contributed by atoms with Gasteiger partial charge in [-0.15, -0.1) is 0 Å². The zero-order valence-corrected chi connectivity index (χ0v) is 7.65. The molecule has 2 rings (SSSR count). The molecule has 1 heterocycles. The Bertz CT molecular complexity index is 477. The minimum absolute atomic E-state index is 0.0767. The van der Waals surface area contributed by atoms with E-state index in [9.17, 15) is 8.78 Å². The summed E-state index contributed by atoms with van der Waals surface area (Å²) < 4.78 is 30.6. The Balaban J connectivity index is 2.24. The van der Waals surface area contributed by atoms with E-state index >= 15 is 0 Å². The molecule has 0 aliphatic heterocycles. The lowest BCUT2D eigenvalue weighted by atomic mass is 10.3. The van der Waals surface area contributed by atoms with Crippen molar-refractivity contribution in [2.75, 3.05) is 0 Å². The van der Waals surface area contributed by atoms with E-state index in [-0.39, 0.29) is 5.69 Å². The topological polar surface area (TPSA) is 25.5 Å². The molecule has 0 N–H and O–H groups in total. The third kappa shape index (κ3) is 2.28. The summed E-state index contributed by atoms with van der Waals surface area (Å²) in [5.41, 5.74) is 0.0767. The van der Waals surface area contributed by atoms with E-state index in [1.165, 1.54) is 18.5 Å². The minimum atomic E-state index is -0.696. The van der Waals surface area contributed by atoms with Gasteiger partial charge < -0.3 is 4.42 Å². The van der Waals surface area contributed by atoms with E-state index in [0.29, 0.717) is 5.76 Å². The fraction of sp³-hybridized carbons (Fsp3) is 0. The normalized spacial score (nSPS) is 11.1. The van der Waals surface area contributed by atoms with Gasteiger partial charge in [0.2, 0.25) is 0 Å². The van der Waals surface area contributed by atoms with Crippen LogP contribution in [0.1, 0.15) is 5.76 Å². The number of halogens is 2. The van der Waals surface area contributed by atoms with Gasteiger partial charge in [0, 0.05) is 6.07 Å². The zero-order valence-electron chi connectivity index (χ0n) is 7.65. The smallest absolute Gasteiger partial charge is 0.151 e. The first-order valence-electron chi connectivity index (χ1n) is 4.28. The van der Waals surface area contributed by atoms with E-state index in [1.807, 2.05) is 0 Å². The summed E-state index contributed by atoms with van der Waals surface area (Å²) in [4.78, 5) is 3.83. The highest BCUT2D eigenvalue weighted by Gasteiger charge is 2.01. The lowest BCUT2D eigenvalue weighted by molar-refractivity contribution is 0.560. The number of rotatable bonds is 2. The van der Waals surface area contributed by atoms with Crippen LogP contribution < -0.4 is 0 Å². The molecule has 0 saturated heterocycles. The van der Waals surface area contributed by atoms with Crippen LogP contribution in [0.4, 0.5) is 14.5 Å². The molecule has 0 saturated carbocycles. The van der Waals surface area contributed by atoms with E-state index in [0.717, 1.165) is 12.1 Å². The van der Waals surface area contributed by atoms with Crippen molar-refractivity contribution in [3.63, 3.8) is 0 Å². The van der Waals surface area contributed by atoms with Gasteiger partial charge in [-0.25, -0.2) is 13.8 Å².